The van der Waals surface area contributed by atoms with Crippen LogP contribution in [0, 0.1) is 0 Å². The van der Waals surface area contributed by atoms with Crippen LogP contribution < -0.4 is 16.0 Å². The monoisotopic (exact) mass is 167 g/mol. The summed E-state index contributed by atoms with van der Waals surface area (Å²) in [4.78, 5) is 0. The van der Waals surface area contributed by atoms with Crippen LogP contribution in [0.5, 0.6) is 0 Å². The highest BCUT2D eigenvalue weighted by atomic mass is 35.5. The second-order valence-corrected chi connectivity index (χ2v) is 2.01. The van der Waals surface area contributed by atoms with Crippen molar-refractivity contribution in [2.75, 3.05) is 21.1 Å². The Morgan fingerprint density at radius 2 is 1.30 bits per heavy atom. The zero-order chi connectivity index (χ0) is 7.33. The Bertz CT molecular complexity index is 55.9. The summed E-state index contributed by atoms with van der Waals surface area (Å²) in [5.41, 5.74) is 0. The van der Waals surface area contributed by atoms with E-state index in [1.807, 2.05) is 21.1 Å². The predicted molar refractivity (Wildman–Crippen MR) is 47.4 cm³/mol. The molecule has 0 aromatic heterocycles. The molecule has 0 atom stereocenters. The molecular weight excluding hydrogens is 150 g/mol. The summed E-state index contributed by atoms with van der Waals surface area (Å²) in [5.74, 6) is -0.0833. The number of hydrogen-bond donors (Lipinski definition) is 3. The van der Waals surface area contributed by atoms with Crippen LogP contribution >= 0.6 is 12.4 Å². The minimum Gasteiger partial charge on any atom is -0.290 e. The standard InChI is InChI=1S/C6H17N3.ClH/c1-5-6(7-2,8-3)9-4;/h7-9H,5H2,1-4H3;1H. The smallest absolute Gasteiger partial charge is 0.122 e. The summed E-state index contributed by atoms with van der Waals surface area (Å²) in [5, 5.41) is 9.43. The molecule has 10 heavy (non-hydrogen) atoms. The van der Waals surface area contributed by atoms with Crippen molar-refractivity contribution in [3.63, 3.8) is 0 Å². The SMILES string of the molecule is CCC(NC)(NC)NC.Cl. The minimum atomic E-state index is -0.0833. The molecule has 0 spiro atoms. The number of rotatable bonds is 4. The lowest BCUT2D eigenvalue weighted by Crippen LogP contribution is -2.62. The zero-order valence-corrected chi connectivity index (χ0v) is 7.93. The minimum absolute atomic E-state index is 0. The Balaban J connectivity index is 0. The Labute approximate surface area is 69.4 Å². The van der Waals surface area contributed by atoms with Gasteiger partial charge in [-0.25, -0.2) is 0 Å². The molecule has 0 rings (SSSR count). The van der Waals surface area contributed by atoms with Gasteiger partial charge in [-0.15, -0.1) is 12.4 Å². The molecule has 0 saturated carbocycles. The lowest BCUT2D eigenvalue weighted by molar-refractivity contribution is 0.237. The van der Waals surface area contributed by atoms with Crippen LogP contribution in [0.1, 0.15) is 13.3 Å². The maximum absolute atomic E-state index is 3.14. The summed E-state index contributed by atoms with van der Waals surface area (Å²) in [6, 6.07) is 0. The van der Waals surface area contributed by atoms with Gasteiger partial charge < -0.3 is 0 Å². The van der Waals surface area contributed by atoms with Gasteiger partial charge in [-0.3, -0.25) is 16.0 Å². The van der Waals surface area contributed by atoms with E-state index in [0.717, 1.165) is 6.42 Å². The average molecular weight is 168 g/mol. The van der Waals surface area contributed by atoms with Crippen molar-refractivity contribution in [3.05, 3.63) is 0 Å². The molecule has 3 N–H and O–H groups in total. The Morgan fingerprint density at radius 1 is 1.00 bits per heavy atom. The van der Waals surface area contributed by atoms with Crippen molar-refractivity contribution in [2.24, 2.45) is 0 Å². The molecule has 0 bridgehead atoms. The molecule has 0 unspecified atom stereocenters. The van der Waals surface area contributed by atoms with Crippen molar-refractivity contribution in [2.45, 2.75) is 19.1 Å². The average Bonchev–Trinajstić information content (AvgIpc) is 1.95. The molecule has 0 aromatic rings. The highest BCUT2D eigenvalue weighted by Crippen LogP contribution is 1.96. The number of hydrogen-bond acceptors (Lipinski definition) is 3. The van der Waals surface area contributed by atoms with Gasteiger partial charge in [0.1, 0.15) is 5.79 Å². The molecule has 0 heterocycles. The van der Waals surface area contributed by atoms with E-state index in [1.54, 1.807) is 0 Å². The molecule has 0 radical (unpaired) electrons. The van der Waals surface area contributed by atoms with Crippen LogP contribution in [-0.2, 0) is 0 Å². The quantitative estimate of drug-likeness (QED) is 0.521. The lowest BCUT2D eigenvalue weighted by Gasteiger charge is -2.31. The summed E-state index contributed by atoms with van der Waals surface area (Å²) >= 11 is 0. The first-order valence-electron chi connectivity index (χ1n) is 3.31. The van der Waals surface area contributed by atoms with Crippen molar-refractivity contribution >= 4 is 12.4 Å². The largest absolute Gasteiger partial charge is 0.290 e. The van der Waals surface area contributed by atoms with Crippen LogP contribution in [0.4, 0.5) is 0 Å². The molecular formula is C6H18ClN3. The fraction of sp³-hybridized carbons (Fsp3) is 1.00. The maximum atomic E-state index is 3.14. The second kappa shape index (κ2) is 5.92. The fourth-order valence-corrected chi connectivity index (χ4v) is 0.905. The van der Waals surface area contributed by atoms with E-state index in [1.165, 1.54) is 0 Å². The second-order valence-electron chi connectivity index (χ2n) is 2.01. The molecule has 0 amide bonds. The van der Waals surface area contributed by atoms with Crippen LogP contribution in [0.15, 0.2) is 0 Å². The zero-order valence-electron chi connectivity index (χ0n) is 7.12. The highest BCUT2D eigenvalue weighted by Gasteiger charge is 2.19. The summed E-state index contributed by atoms with van der Waals surface area (Å²) in [6.07, 6.45) is 1.01. The van der Waals surface area contributed by atoms with Crippen LogP contribution in [0.2, 0.25) is 0 Å². The first-order valence-corrected chi connectivity index (χ1v) is 3.31. The van der Waals surface area contributed by atoms with Gasteiger partial charge in [0, 0.05) is 0 Å². The van der Waals surface area contributed by atoms with Gasteiger partial charge in [-0.2, -0.15) is 0 Å². The Hall–Kier alpha value is 0.170. The van der Waals surface area contributed by atoms with E-state index < -0.39 is 0 Å². The van der Waals surface area contributed by atoms with E-state index in [4.69, 9.17) is 0 Å². The van der Waals surface area contributed by atoms with Crippen LogP contribution in [-0.4, -0.2) is 26.9 Å². The van der Waals surface area contributed by atoms with Gasteiger partial charge in [0.05, 0.1) is 0 Å². The summed E-state index contributed by atoms with van der Waals surface area (Å²) in [7, 11) is 5.78. The molecule has 0 aliphatic rings. The van der Waals surface area contributed by atoms with E-state index in [2.05, 4.69) is 22.9 Å². The first kappa shape index (κ1) is 12.8. The third kappa shape index (κ3) is 2.84. The third-order valence-electron chi connectivity index (χ3n) is 1.81. The summed E-state index contributed by atoms with van der Waals surface area (Å²) in [6.45, 7) is 2.11. The molecule has 0 fully saturated rings. The van der Waals surface area contributed by atoms with Gasteiger partial charge in [0.25, 0.3) is 0 Å². The number of halogens is 1. The van der Waals surface area contributed by atoms with Crippen molar-refractivity contribution < 1.29 is 0 Å². The number of nitrogens with one attached hydrogen (secondary N) is 3. The van der Waals surface area contributed by atoms with E-state index >= 15 is 0 Å². The molecule has 0 aromatic carbocycles. The van der Waals surface area contributed by atoms with E-state index in [-0.39, 0.29) is 18.2 Å². The fourth-order valence-electron chi connectivity index (χ4n) is 0.905. The van der Waals surface area contributed by atoms with E-state index in [9.17, 15) is 0 Å². The van der Waals surface area contributed by atoms with Crippen molar-refractivity contribution in [1.82, 2.24) is 16.0 Å². The highest BCUT2D eigenvalue weighted by molar-refractivity contribution is 5.85. The van der Waals surface area contributed by atoms with Crippen LogP contribution in [0.3, 0.4) is 0 Å². The normalized spacial score (nSPS) is 10.8. The van der Waals surface area contributed by atoms with Crippen molar-refractivity contribution in [3.8, 4) is 0 Å². The van der Waals surface area contributed by atoms with Gasteiger partial charge in [-0.1, -0.05) is 6.92 Å². The van der Waals surface area contributed by atoms with E-state index in [0.29, 0.717) is 0 Å². The third-order valence-corrected chi connectivity index (χ3v) is 1.81. The predicted octanol–water partition coefficient (Wildman–Crippen LogP) is 0.130. The van der Waals surface area contributed by atoms with Gasteiger partial charge >= 0.3 is 0 Å². The topological polar surface area (TPSA) is 36.1 Å². The maximum Gasteiger partial charge on any atom is 0.122 e. The van der Waals surface area contributed by atoms with Gasteiger partial charge in [0.2, 0.25) is 0 Å². The molecule has 3 nitrogen and oxygen atoms in total. The first-order chi connectivity index (χ1) is 4.24. The Morgan fingerprint density at radius 3 is 1.30 bits per heavy atom. The molecule has 4 heteroatoms. The Kier molecular flexibility index (Phi) is 7.58. The van der Waals surface area contributed by atoms with Gasteiger partial charge in [0.15, 0.2) is 0 Å². The van der Waals surface area contributed by atoms with Crippen molar-refractivity contribution in [1.29, 1.82) is 0 Å². The molecule has 0 saturated heterocycles. The van der Waals surface area contributed by atoms with Gasteiger partial charge in [-0.05, 0) is 27.6 Å². The summed E-state index contributed by atoms with van der Waals surface area (Å²) < 4.78 is 0. The van der Waals surface area contributed by atoms with Crippen LogP contribution in [0.25, 0.3) is 0 Å². The molecule has 64 valence electrons. The molecule has 0 aliphatic carbocycles. The molecule has 0 aliphatic heterocycles. The lowest BCUT2D eigenvalue weighted by atomic mass is 10.2.